The molecule has 0 atom stereocenters. The van der Waals surface area contributed by atoms with Crippen LogP contribution in [0.25, 0.3) is 0 Å². The lowest BCUT2D eigenvalue weighted by atomic mass is 9.77. The van der Waals surface area contributed by atoms with Gasteiger partial charge in [-0.1, -0.05) is 26.2 Å². The van der Waals surface area contributed by atoms with Crippen LogP contribution in [0, 0.1) is 0 Å². The van der Waals surface area contributed by atoms with E-state index in [9.17, 15) is 0 Å². The van der Waals surface area contributed by atoms with Gasteiger partial charge in [-0.15, -0.1) is 0 Å². The molecular weight excluding hydrogens is 184 g/mol. The van der Waals surface area contributed by atoms with Crippen molar-refractivity contribution in [1.29, 1.82) is 0 Å². The molecule has 0 spiro atoms. The predicted molar refractivity (Wildman–Crippen MR) is 64.9 cm³/mol. The average molecular weight is 210 g/mol. The van der Waals surface area contributed by atoms with Gasteiger partial charge in [-0.25, -0.2) is 0 Å². The maximum Gasteiger partial charge on any atom is 0.0283 e. The van der Waals surface area contributed by atoms with E-state index in [0.29, 0.717) is 0 Å². The summed E-state index contributed by atoms with van der Waals surface area (Å²) in [6.07, 6.45) is 11.0. The number of rotatable bonds is 4. The van der Waals surface area contributed by atoms with E-state index >= 15 is 0 Å². The number of nitrogens with zero attached hydrogens (tertiary/aromatic N) is 1. The Labute approximate surface area is 94.2 Å². The highest BCUT2D eigenvalue weighted by Gasteiger charge is 2.35. The third-order valence-corrected chi connectivity index (χ3v) is 4.36. The summed E-state index contributed by atoms with van der Waals surface area (Å²) in [5, 5.41) is 0. The number of hydrogen-bond acceptors (Lipinski definition) is 2. The molecule has 0 heterocycles. The number of likely N-dealkylation sites (N-methyl/N-ethyl adjacent to an activating group) is 1. The molecule has 0 amide bonds. The third-order valence-electron chi connectivity index (χ3n) is 4.36. The Morgan fingerprint density at radius 3 is 2.27 bits per heavy atom. The molecule has 2 fully saturated rings. The molecule has 2 heteroatoms. The van der Waals surface area contributed by atoms with Gasteiger partial charge in [-0.3, -0.25) is 4.90 Å². The van der Waals surface area contributed by atoms with Crippen molar-refractivity contribution < 1.29 is 0 Å². The van der Waals surface area contributed by atoms with Crippen LogP contribution in [0.2, 0.25) is 0 Å². The molecule has 0 aromatic carbocycles. The zero-order valence-electron chi connectivity index (χ0n) is 10.2. The first-order chi connectivity index (χ1) is 7.23. The lowest BCUT2D eigenvalue weighted by Gasteiger charge is -2.45. The normalized spacial score (nSPS) is 26.6. The fourth-order valence-corrected chi connectivity index (χ4v) is 3.14. The summed E-state index contributed by atoms with van der Waals surface area (Å²) < 4.78 is 0. The van der Waals surface area contributed by atoms with E-state index in [1.807, 2.05) is 0 Å². The molecule has 2 saturated carbocycles. The van der Waals surface area contributed by atoms with Crippen molar-refractivity contribution in [3.63, 3.8) is 0 Å². The van der Waals surface area contributed by atoms with Crippen LogP contribution < -0.4 is 5.73 Å². The van der Waals surface area contributed by atoms with Gasteiger partial charge in [-0.2, -0.15) is 0 Å². The van der Waals surface area contributed by atoms with Gasteiger partial charge < -0.3 is 5.73 Å². The minimum Gasteiger partial charge on any atom is -0.324 e. The van der Waals surface area contributed by atoms with Gasteiger partial charge in [0.1, 0.15) is 0 Å². The van der Waals surface area contributed by atoms with Gasteiger partial charge in [0.25, 0.3) is 0 Å². The van der Waals surface area contributed by atoms with Crippen LogP contribution in [0.5, 0.6) is 0 Å². The summed E-state index contributed by atoms with van der Waals surface area (Å²) in [4.78, 5) is 2.65. The Balaban J connectivity index is 1.85. The van der Waals surface area contributed by atoms with Gasteiger partial charge in [-0.05, 0) is 38.6 Å². The maximum atomic E-state index is 6.34. The molecule has 0 aromatic rings. The predicted octanol–water partition coefficient (Wildman–Crippen LogP) is 2.52. The molecule has 0 radical (unpaired) electrons. The standard InChI is InChI=1S/C13H26N2/c1-2-15(11-13(14)9-6-10-13)12-7-4-3-5-8-12/h12H,2-11,14H2,1H3. The Bertz CT molecular complexity index is 193. The summed E-state index contributed by atoms with van der Waals surface area (Å²) in [6, 6.07) is 0.838. The quantitative estimate of drug-likeness (QED) is 0.772. The van der Waals surface area contributed by atoms with Crippen molar-refractivity contribution in [3.8, 4) is 0 Å². The SMILES string of the molecule is CCN(CC1(N)CCC1)C1CCCCC1. The first kappa shape index (κ1) is 11.4. The smallest absolute Gasteiger partial charge is 0.0283 e. The minimum absolute atomic E-state index is 0.174. The molecule has 0 aliphatic heterocycles. The van der Waals surface area contributed by atoms with Crippen molar-refractivity contribution >= 4 is 0 Å². The summed E-state index contributed by atoms with van der Waals surface area (Å²) in [5.74, 6) is 0. The second-order valence-electron chi connectivity index (χ2n) is 5.57. The van der Waals surface area contributed by atoms with Crippen LogP contribution in [0.3, 0.4) is 0 Å². The van der Waals surface area contributed by atoms with Gasteiger partial charge in [0.05, 0.1) is 0 Å². The van der Waals surface area contributed by atoms with Gasteiger partial charge in [0, 0.05) is 18.1 Å². The zero-order valence-corrected chi connectivity index (χ0v) is 10.2. The van der Waals surface area contributed by atoms with Crippen LogP contribution >= 0.6 is 0 Å². The fourth-order valence-electron chi connectivity index (χ4n) is 3.14. The molecule has 15 heavy (non-hydrogen) atoms. The molecule has 2 aliphatic rings. The van der Waals surface area contributed by atoms with E-state index in [2.05, 4.69) is 11.8 Å². The van der Waals surface area contributed by atoms with Crippen molar-refractivity contribution in [2.24, 2.45) is 5.73 Å². The van der Waals surface area contributed by atoms with Crippen molar-refractivity contribution in [1.82, 2.24) is 4.90 Å². The lowest BCUT2D eigenvalue weighted by Crippen LogP contribution is -2.57. The van der Waals surface area contributed by atoms with Gasteiger partial charge >= 0.3 is 0 Å². The van der Waals surface area contributed by atoms with Crippen LogP contribution in [0.4, 0.5) is 0 Å². The molecule has 2 N–H and O–H groups in total. The average Bonchev–Trinajstić information content (AvgIpc) is 2.25. The molecule has 0 unspecified atom stereocenters. The van der Waals surface area contributed by atoms with E-state index in [1.165, 1.54) is 57.9 Å². The van der Waals surface area contributed by atoms with E-state index in [1.54, 1.807) is 0 Å². The largest absolute Gasteiger partial charge is 0.324 e. The first-order valence-corrected chi connectivity index (χ1v) is 6.76. The highest BCUT2D eigenvalue weighted by atomic mass is 15.2. The van der Waals surface area contributed by atoms with Crippen molar-refractivity contribution in [3.05, 3.63) is 0 Å². The summed E-state index contributed by atoms with van der Waals surface area (Å²) in [5.41, 5.74) is 6.52. The fraction of sp³-hybridized carbons (Fsp3) is 1.00. The summed E-state index contributed by atoms with van der Waals surface area (Å²) in [6.45, 7) is 4.62. The molecule has 2 nitrogen and oxygen atoms in total. The molecule has 88 valence electrons. The van der Waals surface area contributed by atoms with E-state index < -0.39 is 0 Å². The summed E-state index contributed by atoms with van der Waals surface area (Å²) >= 11 is 0. The molecule has 0 saturated heterocycles. The van der Waals surface area contributed by atoms with Crippen LogP contribution in [-0.2, 0) is 0 Å². The molecule has 2 rings (SSSR count). The Morgan fingerprint density at radius 2 is 1.80 bits per heavy atom. The van der Waals surface area contributed by atoms with E-state index in [4.69, 9.17) is 5.73 Å². The number of hydrogen-bond donors (Lipinski definition) is 1. The monoisotopic (exact) mass is 210 g/mol. The van der Waals surface area contributed by atoms with Crippen LogP contribution in [0.1, 0.15) is 58.3 Å². The highest BCUT2D eigenvalue weighted by Crippen LogP contribution is 2.32. The second kappa shape index (κ2) is 4.84. The molecular formula is C13H26N2. The molecule has 0 bridgehead atoms. The molecule has 2 aliphatic carbocycles. The van der Waals surface area contributed by atoms with E-state index in [-0.39, 0.29) is 5.54 Å². The maximum absolute atomic E-state index is 6.34. The summed E-state index contributed by atoms with van der Waals surface area (Å²) in [7, 11) is 0. The van der Waals surface area contributed by atoms with Crippen LogP contribution in [-0.4, -0.2) is 29.6 Å². The minimum atomic E-state index is 0.174. The highest BCUT2D eigenvalue weighted by molar-refractivity contribution is 4.96. The Morgan fingerprint density at radius 1 is 1.13 bits per heavy atom. The lowest BCUT2D eigenvalue weighted by molar-refractivity contribution is 0.0942. The molecule has 0 aromatic heterocycles. The second-order valence-corrected chi connectivity index (χ2v) is 5.57. The third kappa shape index (κ3) is 2.73. The van der Waals surface area contributed by atoms with E-state index in [0.717, 1.165) is 12.6 Å². The Kier molecular flexibility index (Phi) is 3.68. The number of nitrogens with two attached hydrogens (primary N) is 1. The first-order valence-electron chi connectivity index (χ1n) is 6.76. The van der Waals surface area contributed by atoms with Crippen molar-refractivity contribution in [2.45, 2.75) is 69.9 Å². The Hall–Kier alpha value is -0.0800. The van der Waals surface area contributed by atoms with Crippen LogP contribution in [0.15, 0.2) is 0 Å². The van der Waals surface area contributed by atoms with Crippen molar-refractivity contribution in [2.75, 3.05) is 13.1 Å². The zero-order chi connectivity index (χ0) is 10.7. The topological polar surface area (TPSA) is 29.3 Å². The van der Waals surface area contributed by atoms with Gasteiger partial charge in [0.15, 0.2) is 0 Å². The van der Waals surface area contributed by atoms with Gasteiger partial charge in [0.2, 0.25) is 0 Å².